The molecule has 0 heterocycles. The van der Waals surface area contributed by atoms with Crippen LogP contribution in [-0.2, 0) is 19.1 Å². The van der Waals surface area contributed by atoms with Crippen LogP contribution in [0.2, 0.25) is 0 Å². The first-order chi connectivity index (χ1) is 26.6. The number of carbonyl (C=O) groups excluding carboxylic acids is 2. The van der Waals surface area contributed by atoms with Crippen molar-refractivity contribution in [3.8, 4) is 0 Å². The fourth-order valence-corrected chi connectivity index (χ4v) is 7.07. The number of aliphatic hydroxyl groups excluding tert-OH is 1. The maximum Gasteiger partial charge on any atom is 0.306 e. The van der Waals surface area contributed by atoms with Crippen molar-refractivity contribution < 1.29 is 24.2 Å². The molecule has 0 fully saturated rings. The molecule has 0 unspecified atom stereocenters. The summed E-state index contributed by atoms with van der Waals surface area (Å²) in [6, 6.07) is 0. The van der Waals surface area contributed by atoms with Gasteiger partial charge >= 0.3 is 11.9 Å². The van der Waals surface area contributed by atoms with Gasteiger partial charge < -0.3 is 14.6 Å². The van der Waals surface area contributed by atoms with Gasteiger partial charge in [0.1, 0.15) is 6.61 Å². The molecule has 0 saturated heterocycles. The van der Waals surface area contributed by atoms with Crippen LogP contribution >= 0.6 is 0 Å². The van der Waals surface area contributed by atoms with Crippen molar-refractivity contribution in [2.75, 3.05) is 13.2 Å². The third-order valence-corrected chi connectivity index (χ3v) is 10.7. The average molecular weight is 761 g/mol. The molecule has 54 heavy (non-hydrogen) atoms. The summed E-state index contributed by atoms with van der Waals surface area (Å²) in [5.74, 6) is -0.582. The van der Waals surface area contributed by atoms with Crippen LogP contribution in [0.3, 0.4) is 0 Å². The van der Waals surface area contributed by atoms with Crippen LogP contribution in [0.5, 0.6) is 0 Å². The molecule has 0 bridgehead atoms. The van der Waals surface area contributed by atoms with E-state index in [0.29, 0.717) is 12.8 Å². The first-order valence-electron chi connectivity index (χ1n) is 23.9. The molecule has 1 atom stereocenters. The Hall–Kier alpha value is -1.62. The van der Waals surface area contributed by atoms with Crippen LogP contribution in [-0.4, -0.2) is 36.4 Å². The second-order valence-electron chi connectivity index (χ2n) is 16.2. The smallest absolute Gasteiger partial charge is 0.306 e. The molecular formula is C49H92O5. The van der Waals surface area contributed by atoms with Crippen molar-refractivity contribution >= 4 is 11.9 Å². The summed E-state index contributed by atoms with van der Waals surface area (Å²) in [5.41, 5.74) is 0. The summed E-state index contributed by atoms with van der Waals surface area (Å²) in [7, 11) is 0. The third kappa shape index (κ3) is 43.1. The van der Waals surface area contributed by atoms with E-state index in [9.17, 15) is 14.7 Å². The van der Waals surface area contributed by atoms with Crippen LogP contribution in [0.4, 0.5) is 0 Å². The first kappa shape index (κ1) is 52.4. The van der Waals surface area contributed by atoms with E-state index in [0.717, 1.165) is 38.5 Å². The van der Waals surface area contributed by atoms with Gasteiger partial charge in [0.15, 0.2) is 6.10 Å². The Bertz CT molecular complexity index is 821. The minimum atomic E-state index is -0.769. The number of esters is 2. The van der Waals surface area contributed by atoms with E-state index in [4.69, 9.17) is 9.47 Å². The summed E-state index contributed by atoms with van der Waals surface area (Å²) in [5, 5.41) is 9.61. The summed E-state index contributed by atoms with van der Waals surface area (Å²) in [6.45, 7) is 4.16. The van der Waals surface area contributed by atoms with E-state index in [2.05, 4.69) is 38.2 Å². The van der Waals surface area contributed by atoms with Crippen LogP contribution < -0.4 is 0 Å². The number of aliphatic hydroxyl groups is 1. The van der Waals surface area contributed by atoms with Gasteiger partial charge in [0.2, 0.25) is 0 Å². The van der Waals surface area contributed by atoms with E-state index in [1.165, 1.54) is 193 Å². The lowest BCUT2D eigenvalue weighted by molar-refractivity contribution is -0.161. The Balaban J connectivity index is 3.48. The highest BCUT2D eigenvalue weighted by Crippen LogP contribution is 2.15. The monoisotopic (exact) mass is 761 g/mol. The van der Waals surface area contributed by atoms with Gasteiger partial charge in [-0.1, -0.05) is 205 Å². The average Bonchev–Trinajstić information content (AvgIpc) is 3.17. The largest absolute Gasteiger partial charge is 0.462 e. The van der Waals surface area contributed by atoms with Gasteiger partial charge in [-0.15, -0.1) is 0 Å². The molecule has 0 amide bonds. The number of carbonyl (C=O) groups is 2. The quantitative estimate of drug-likeness (QED) is 0.0380. The highest BCUT2D eigenvalue weighted by atomic mass is 16.6. The molecule has 0 aromatic heterocycles. The number of allylic oxidation sites excluding steroid dienone is 4. The zero-order valence-corrected chi connectivity index (χ0v) is 36.3. The fraction of sp³-hybridized carbons (Fsp3) is 0.878. The van der Waals surface area contributed by atoms with Crippen molar-refractivity contribution in [3.63, 3.8) is 0 Å². The van der Waals surface area contributed by atoms with Gasteiger partial charge in [0.05, 0.1) is 6.61 Å². The second kappa shape index (κ2) is 45.8. The second-order valence-corrected chi connectivity index (χ2v) is 16.2. The lowest BCUT2D eigenvalue weighted by Gasteiger charge is -2.15. The summed E-state index contributed by atoms with van der Waals surface area (Å²) in [4.78, 5) is 24.4. The SMILES string of the molecule is CCCCCCCC/C=C/CCCCCCCCCCCCCC(=O)O[C@@H](CO)COC(=O)CCCCCCCCCCC/C=C/CCCCCCCC. The molecule has 1 N–H and O–H groups in total. The van der Waals surface area contributed by atoms with Gasteiger partial charge in [-0.3, -0.25) is 9.59 Å². The van der Waals surface area contributed by atoms with Crippen molar-refractivity contribution in [2.24, 2.45) is 0 Å². The highest BCUT2D eigenvalue weighted by Gasteiger charge is 2.16. The predicted molar refractivity (Wildman–Crippen MR) is 233 cm³/mol. The van der Waals surface area contributed by atoms with Crippen molar-refractivity contribution in [1.29, 1.82) is 0 Å². The Labute approximate surface area is 336 Å². The topological polar surface area (TPSA) is 72.8 Å². The Morgan fingerprint density at radius 3 is 1.00 bits per heavy atom. The molecule has 0 rings (SSSR count). The molecule has 0 aromatic carbocycles. The van der Waals surface area contributed by atoms with E-state index >= 15 is 0 Å². The number of hydrogen-bond acceptors (Lipinski definition) is 5. The maximum absolute atomic E-state index is 12.2. The van der Waals surface area contributed by atoms with Crippen LogP contribution in [0, 0.1) is 0 Å². The van der Waals surface area contributed by atoms with Crippen molar-refractivity contribution in [3.05, 3.63) is 24.3 Å². The summed E-state index contributed by atoms with van der Waals surface area (Å²) in [6.07, 6.45) is 55.4. The number of hydrogen-bond donors (Lipinski definition) is 1. The molecule has 0 aromatic rings. The minimum absolute atomic E-state index is 0.0631. The first-order valence-corrected chi connectivity index (χ1v) is 23.9. The van der Waals surface area contributed by atoms with E-state index < -0.39 is 6.10 Å². The Kier molecular flexibility index (Phi) is 44.4. The van der Waals surface area contributed by atoms with E-state index in [1.807, 2.05) is 0 Å². The zero-order chi connectivity index (χ0) is 39.3. The van der Waals surface area contributed by atoms with Crippen LogP contribution in [0.25, 0.3) is 0 Å². The number of ether oxygens (including phenoxy) is 2. The molecule has 0 saturated carbocycles. The predicted octanol–water partition coefficient (Wildman–Crippen LogP) is 15.4. The minimum Gasteiger partial charge on any atom is -0.462 e. The molecule has 0 aliphatic rings. The third-order valence-electron chi connectivity index (χ3n) is 10.7. The Morgan fingerprint density at radius 2 is 0.685 bits per heavy atom. The summed E-state index contributed by atoms with van der Waals surface area (Å²) < 4.78 is 10.7. The van der Waals surface area contributed by atoms with Gasteiger partial charge in [-0.2, -0.15) is 0 Å². The maximum atomic E-state index is 12.2. The fourth-order valence-electron chi connectivity index (χ4n) is 7.07. The zero-order valence-electron chi connectivity index (χ0n) is 36.3. The lowest BCUT2D eigenvalue weighted by atomic mass is 10.0. The normalized spacial score (nSPS) is 12.3. The van der Waals surface area contributed by atoms with Crippen LogP contribution in [0.15, 0.2) is 24.3 Å². The number of unbranched alkanes of at least 4 members (excludes halogenated alkanes) is 32. The highest BCUT2D eigenvalue weighted by molar-refractivity contribution is 5.70. The van der Waals surface area contributed by atoms with Crippen molar-refractivity contribution in [1.82, 2.24) is 0 Å². The molecule has 0 aliphatic carbocycles. The number of rotatable bonds is 44. The van der Waals surface area contributed by atoms with E-state index in [1.54, 1.807) is 0 Å². The molecule has 5 nitrogen and oxygen atoms in total. The standard InChI is InChI=1S/C49H92O5/c1-3-5-7-9-11-13-15-17-19-21-23-24-26-28-30-32-34-36-38-40-42-44-49(52)54-47(45-50)46-53-48(51)43-41-39-37-35-33-31-29-27-25-22-20-18-16-14-12-10-8-6-4-2/h17-20,47,50H,3-16,21-46H2,1-2H3/b19-17+,20-18+/t47-/m0/s1. The summed E-state index contributed by atoms with van der Waals surface area (Å²) >= 11 is 0. The Morgan fingerprint density at radius 1 is 0.407 bits per heavy atom. The van der Waals surface area contributed by atoms with Crippen LogP contribution in [0.1, 0.15) is 258 Å². The molecule has 0 spiro atoms. The molecule has 0 aliphatic heterocycles. The van der Waals surface area contributed by atoms with Gasteiger partial charge in [0, 0.05) is 12.8 Å². The van der Waals surface area contributed by atoms with Gasteiger partial charge in [0.25, 0.3) is 0 Å². The molecular weight excluding hydrogens is 669 g/mol. The lowest BCUT2D eigenvalue weighted by Crippen LogP contribution is -2.28. The van der Waals surface area contributed by atoms with Gasteiger partial charge in [-0.25, -0.2) is 0 Å². The molecule has 318 valence electrons. The van der Waals surface area contributed by atoms with Gasteiger partial charge in [-0.05, 0) is 64.2 Å². The molecule has 5 heteroatoms. The van der Waals surface area contributed by atoms with E-state index in [-0.39, 0.29) is 25.2 Å². The van der Waals surface area contributed by atoms with Crippen molar-refractivity contribution in [2.45, 2.75) is 264 Å². The molecule has 0 radical (unpaired) electrons.